The van der Waals surface area contributed by atoms with E-state index in [9.17, 15) is 13.2 Å². The number of amides is 1. The molecule has 1 N–H and O–H groups in total. The second kappa shape index (κ2) is 7.78. The zero-order chi connectivity index (χ0) is 18.7. The van der Waals surface area contributed by atoms with E-state index in [0.717, 1.165) is 11.4 Å². The van der Waals surface area contributed by atoms with Gasteiger partial charge in [0.2, 0.25) is 15.2 Å². The molecule has 0 radical (unpaired) electrons. The van der Waals surface area contributed by atoms with Gasteiger partial charge in [-0.15, -0.1) is 10.2 Å². The van der Waals surface area contributed by atoms with E-state index in [4.69, 9.17) is 4.74 Å². The largest absolute Gasteiger partial charge is 0.379 e. The molecule has 2 heterocycles. The van der Waals surface area contributed by atoms with Crippen LogP contribution in [0.2, 0.25) is 0 Å². The summed E-state index contributed by atoms with van der Waals surface area (Å²) in [5.74, 6) is -0.415. The average molecular weight is 396 g/mol. The molecule has 1 aliphatic rings. The molecule has 140 valence electrons. The molecule has 1 amide bonds. The SMILES string of the molecule is CCc1nnc(NC(=O)c2ccc(C)c(S(=O)(=O)N3CCOCC3)c2)s1. The van der Waals surface area contributed by atoms with Crippen molar-refractivity contribution in [3.8, 4) is 0 Å². The summed E-state index contributed by atoms with van der Waals surface area (Å²) in [6.07, 6.45) is 0.736. The molecule has 0 atom stereocenters. The van der Waals surface area contributed by atoms with E-state index in [0.29, 0.717) is 37.0 Å². The summed E-state index contributed by atoms with van der Waals surface area (Å²) in [7, 11) is -3.67. The van der Waals surface area contributed by atoms with E-state index in [-0.39, 0.29) is 10.5 Å². The molecule has 3 rings (SSSR count). The molecule has 1 aromatic carbocycles. The van der Waals surface area contributed by atoms with Gasteiger partial charge < -0.3 is 4.74 Å². The lowest BCUT2D eigenvalue weighted by Gasteiger charge is -2.26. The summed E-state index contributed by atoms with van der Waals surface area (Å²) in [5, 5.41) is 11.7. The van der Waals surface area contributed by atoms with Gasteiger partial charge in [0.15, 0.2) is 0 Å². The lowest BCUT2D eigenvalue weighted by Crippen LogP contribution is -2.40. The lowest BCUT2D eigenvalue weighted by molar-refractivity contribution is 0.0730. The maximum Gasteiger partial charge on any atom is 0.257 e. The van der Waals surface area contributed by atoms with Gasteiger partial charge in [0.1, 0.15) is 5.01 Å². The number of aromatic nitrogens is 2. The minimum Gasteiger partial charge on any atom is -0.379 e. The quantitative estimate of drug-likeness (QED) is 0.825. The van der Waals surface area contributed by atoms with Gasteiger partial charge >= 0.3 is 0 Å². The fourth-order valence-electron chi connectivity index (χ4n) is 2.56. The van der Waals surface area contributed by atoms with Crippen LogP contribution >= 0.6 is 11.3 Å². The molecule has 0 saturated carbocycles. The van der Waals surface area contributed by atoms with Crippen LogP contribution in [0.4, 0.5) is 5.13 Å². The standard InChI is InChI=1S/C16H20N4O4S2/c1-3-14-18-19-16(25-14)17-15(21)12-5-4-11(2)13(10-12)26(22,23)20-6-8-24-9-7-20/h4-5,10H,3,6-9H2,1-2H3,(H,17,19,21). The third-order valence-corrected chi connectivity index (χ3v) is 7.05. The van der Waals surface area contributed by atoms with Gasteiger partial charge in [0.05, 0.1) is 18.1 Å². The first-order valence-corrected chi connectivity index (χ1v) is 10.5. The molecule has 0 spiro atoms. The van der Waals surface area contributed by atoms with Crippen LogP contribution in [0.1, 0.15) is 27.9 Å². The number of ether oxygens (including phenoxy) is 1. The molecular formula is C16H20N4O4S2. The molecule has 0 bridgehead atoms. The van der Waals surface area contributed by atoms with E-state index < -0.39 is 15.9 Å². The van der Waals surface area contributed by atoms with Crippen LogP contribution in [0.5, 0.6) is 0 Å². The van der Waals surface area contributed by atoms with Gasteiger partial charge in [0.25, 0.3) is 5.91 Å². The van der Waals surface area contributed by atoms with Gasteiger partial charge in [-0.3, -0.25) is 10.1 Å². The van der Waals surface area contributed by atoms with Gasteiger partial charge in [-0.05, 0) is 31.0 Å². The summed E-state index contributed by atoms with van der Waals surface area (Å²) in [6.45, 7) is 5.03. The molecule has 2 aromatic rings. The van der Waals surface area contributed by atoms with E-state index >= 15 is 0 Å². The molecular weight excluding hydrogens is 376 g/mol. The van der Waals surface area contributed by atoms with Gasteiger partial charge in [-0.2, -0.15) is 4.31 Å². The minimum absolute atomic E-state index is 0.138. The predicted octanol–water partition coefficient (Wildman–Crippen LogP) is 1.68. The van der Waals surface area contributed by atoms with Crippen LogP contribution in [0, 0.1) is 6.92 Å². The van der Waals surface area contributed by atoms with Crippen molar-refractivity contribution in [2.24, 2.45) is 0 Å². The molecule has 0 unspecified atom stereocenters. The zero-order valence-electron chi connectivity index (χ0n) is 14.6. The highest BCUT2D eigenvalue weighted by Gasteiger charge is 2.28. The molecule has 1 aliphatic heterocycles. The molecule has 0 aliphatic carbocycles. The van der Waals surface area contributed by atoms with Crippen molar-refractivity contribution in [1.29, 1.82) is 0 Å². The first-order valence-electron chi connectivity index (χ1n) is 8.24. The van der Waals surface area contributed by atoms with Gasteiger partial charge in [0, 0.05) is 18.7 Å². The molecule has 1 aromatic heterocycles. The molecule has 1 saturated heterocycles. The number of carbonyl (C=O) groups is 1. The Labute approximate surface area is 156 Å². The van der Waals surface area contributed by atoms with Crippen LogP contribution in [0.3, 0.4) is 0 Å². The maximum atomic E-state index is 12.9. The Morgan fingerprint density at radius 2 is 2.04 bits per heavy atom. The molecule has 1 fully saturated rings. The molecule has 26 heavy (non-hydrogen) atoms. The Kier molecular flexibility index (Phi) is 5.66. The Morgan fingerprint density at radius 3 is 2.69 bits per heavy atom. The summed E-state index contributed by atoms with van der Waals surface area (Å²) >= 11 is 1.30. The maximum absolute atomic E-state index is 12.9. The van der Waals surface area contributed by atoms with Crippen LogP contribution in [0.25, 0.3) is 0 Å². The smallest absolute Gasteiger partial charge is 0.257 e. The number of aryl methyl sites for hydroxylation is 2. The number of hydrogen-bond donors (Lipinski definition) is 1. The third kappa shape index (κ3) is 3.93. The Bertz CT molecular complexity index is 905. The number of carbonyl (C=O) groups excluding carboxylic acids is 1. The normalized spacial score (nSPS) is 15.8. The van der Waals surface area contributed by atoms with Crippen molar-refractivity contribution in [3.63, 3.8) is 0 Å². The topological polar surface area (TPSA) is 101 Å². The second-order valence-corrected chi connectivity index (χ2v) is 8.77. The molecule has 8 nitrogen and oxygen atoms in total. The molecule has 10 heteroatoms. The highest BCUT2D eigenvalue weighted by atomic mass is 32.2. The number of rotatable bonds is 5. The van der Waals surface area contributed by atoms with Crippen molar-refractivity contribution >= 4 is 32.4 Å². The fourth-order valence-corrected chi connectivity index (χ4v) is 4.89. The van der Waals surface area contributed by atoms with Crippen molar-refractivity contribution in [3.05, 3.63) is 34.3 Å². The summed E-state index contributed by atoms with van der Waals surface area (Å²) in [6, 6.07) is 4.65. The number of nitrogens with zero attached hydrogens (tertiary/aromatic N) is 3. The zero-order valence-corrected chi connectivity index (χ0v) is 16.2. The van der Waals surface area contributed by atoms with Crippen LogP contribution in [-0.2, 0) is 21.2 Å². The number of nitrogens with one attached hydrogen (secondary N) is 1. The first-order chi connectivity index (χ1) is 12.4. The number of hydrogen-bond acceptors (Lipinski definition) is 7. The van der Waals surface area contributed by atoms with Crippen LogP contribution in [-0.4, -0.2) is 55.1 Å². The Balaban J connectivity index is 1.85. The number of benzene rings is 1. The first kappa shape index (κ1) is 18.9. The number of anilines is 1. The highest BCUT2D eigenvalue weighted by Crippen LogP contribution is 2.23. The van der Waals surface area contributed by atoms with Gasteiger partial charge in [-0.25, -0.2) is 8.42 Å². The highest BCUT2D eigenvalue weighted by molar-refractivity contribution is 7.89. The third-order valence-electron chi connectivity index (χ3n) is 4.03. The number of morpholine rings is 1. The Hall–Kier alpha value is -1.88. The minimum atomic E-state index is -3.67. The lowest BCUT2D eigenvalue weighted by atomic mass is 10.1. The monoisotopic (exact) mass is 396 g/mol. The fraction of sp³-hybridized carbons (Fsp3) is 0.438. The summed E-state index contributed by atoms with van der Waals surface area (Å²) in [5.41, 5.74) is 0.855. The van der Waals surface area contributed by atoms with E-state index in [1.54, 1.807) is 19.1 Å². The number of sulfonamides is 1. The second-order valence-electron chi connectivity index (χ2n) is 5.81. The Morgan fingerprint density at radius 1 is 1.31 bits per heavy atom. The summed E-state index contributed by atoms with van der Waals surface area (Å²) < 4.78 is 32.4. The van der Waals surface area contributed by atoms with E-state index in [1.165, 1.54) is 21.7 Å². The van der Waals surface area contributed by atoms with Crippen LogP contribution in [0.15, 0.2) is 23.1 Å². The average Bonchev–Trinajstić information content (AvgIpc) is 3.10. The predicted molar refractivity (Wildman–Crippen MR) is 98.0 cm³/mol. The van der Waals surface area contributed by atoms with Crippen molar-refractivity contribution in [1.82, 2.24) is 14.5 Å². The van der Waals surface area contributed by atoms with Gasteiger partial charge in [-0.1, -0.05) is 24.3 Å². The van der Waals surface area contributed by atoms with Crippen LogP contribution < -0.4 is 5.32 Å². The van der Waals surface area contributed by atoms with E-state index in [2.05, 4.69) is 15.5 Å². The van der Waals surface area contributed by atoms with E-state index in [1.807, 2.05) is 6.92 Å². The van der Waals surface area contributed by atoms with Crippen molar-refractivity contribution < 1.29 is 17.9 Å². The summed E-state index contributed by atoms with van der Waals surface area (Å²) in [4.78, 5) is 12.6. The van der Waals surface area contributed by atoms with Crippen molar-refractivity contribution in [2.45, 2.75) is 25.2 Å². The van der Waals surface area contributed by atoms with Crippen molar-refractivity contribution in [2.75, 3.05) is 31.6 Å².